The van der Waals surface area contributed by atoms with Crippen LogP contribution in [0.1, 0.15) is 27.2 Å². The third kappa shape index (κ3) is 16.1. The Kier molecular flexibility index (Phi) is 13.0. The number of halogens is 1. The summed E-state index contributed by atoms with van der Waals surface area (Å²) in [6.07, 6.45) is 0.167. The Bertz CT molecular complexity index is 179. The molecule has 0 aliphatic heterocycles. The van der Waals surface area contributed by atoms with Gasteiger partial charge in [-0.05, 0) is 19.3 Å². The lowest BCUT2D eigenvalue weighted by atomic mass is 10.1. The fourth-order valence-corrected chi connectivity index (χ4v) is 0.578. The second kappa shape index (κ2) is 9.87. The summed E-state index contributed by atoms with van der Waals surface area (Å²) in [5.74, 6) is -0.750. The van der Waals surface area contributed by atoms with Crippen molar-refractivity contribution in [3.8, 4) is 0 Å². The Morgan fingerprint density at radius 2 is 1.62 bits per heavy atom. The van der Waals surface area contributed by atoms with Gasteiger partial charge in [0.15, 0.2) is 0 Å². The van der Waals surface area contributed by atoms with Gasteiger partial charge >= 0.3 is 0 Å². The molecule has 1 unspecified atom stereocenters. The number of aliphatic carboxylic acids is 1. The maximum atomic E-state index is 9.70. The molecular weight excluding hydrogens is 230 g/mol. The van der Waals surface area contributed by atoms with Crippen LogP contribution in [-0.2, 0) is 4.79 Å². The molecule has 0 aromatic heterocycles. The van der Waals surface area contributed by atoms with Crippen LogP contribution in [0.4, 0.5) is 0 Å². The van der Waals surface area contributed by atoms with Crippen molar-refractivity contribution in [2.45, 2.75) is 33.2 Å². The SMILES string of the molecule is CC(C)CC(=O)[O-].CC(CO)[N+](C)(C)C.[Cl-]. The molecule has 0 aliphatic rings. The highest BCUT2D eigenvalue weighted by Crippen LogP contribution is 1.98. The predicted molar refractivity (Wildman–Crippen MR) is 59.0 cm³/mol. The van der Waals surface area contributed by atoms with Gasteiger partial charge < -0.3 is 31.9 Å². The summed E-state index contributed by atoms with van der Waals surface area (Å²) in [5, 5.41) is 18.4. The minimum Gasteiger partial charge on any atom is -1.00 e. The van der Waals surface area contributed by atoms with Crippen molar-refractivity contribution in [1.29, 1.82) is 0 Å². The van der Waals surface area contributed by atoms with Crippen molar-refractivity contribution >= 4 is 5.97 Å². The molecule has 0 amide bonds. The monoisotopic (exact) mass is 254 g/mol. The van der Waals surface area contributed by atoms with Crippen LogP contribution in [0.25, 0.3) is 0 Å². The normalized spacial score (nSPS) is 12.2. The first-order valence-electron chi connectivity index (χ1n) is 5.23. The standard InChI is InChI=1S/C6H16NO.C5H10O2.ClH/c1-6(5-8)7(2,3)4;1-4(2)3-5(6)7;/h6,8H,5H2,1-4H3;4H,3H2,1-2H3,(H,6,7);1H/q+1;;/p-2. The number of carboxylic acids is 1. The number of hydrogen-bond acceptors (Lipinski definition) is 3. The van der Waals surface area contributed by atoms with E-state index in [1.54, 1.807) is 0 Å². The molecule has 0 heterocycles. The number of likely N-dealkylation sites (N-methyl/N-ethyl adjacent to an activating group) is 1. The number of aliphatic hydroxyl groups excluding tert-OH is 1. The van der Waals surface area contributed by atoms with E-state index in [0.29, 0.717) is 6.04 Å². The number of hydrogen-bond donors (Lipinski definition) is 1. The van der Waals surface area contributed by atoms with Gasteiger partial charge in [0.05, 0.1) is 27.7 Å². The minimum atomic E-state index is -0.963. The highest BCUT2D eigenvalue weighted by molar-refractivity contribution is 5.64. The molecule has 0 spiro atoms. The van der Waals surface area contributed by atoms with Gasteiger partial charge in [0.25, 0.3) is 0 Å². The maximum Gasteiger partial charge on any atom is 0.109 e. The van der Waals surface area contributed by atoms with Gasteiger partial charge in [-0.2, -0.15) is 0 Å². The lowest BCUT2D eigenvalue weighted by Gasteiger charge is -2.29. The van der Waals surface area contributed by atoms with Gasteiger partial charge in [-0.3, -0.25) is 0 Å². The van der Waals surface area contributed by atoms with Gasteiger partial charge in [-0.15, -0.1) is 0 Å². The van der Waals surface area contributed by atoms with Crippen molar-refractivity contribution in [3.05, 3.63) is 0 Å². The Morgan fingerprint density at radius 3 is 1.62 bits per heavy atom. The lowest BCUT2D eigenvalue weighted by Crippen LogP contribution is -3.00. The van der Waals surface area contributed by atoms with Gasteiger partial charge in [-0.25, -0.2) is 0 Å². The summed E-state index contributed by atoms with van der Waals surface area (Å²) < 4.78 is 0.830. The lowest BCUT2D eigenvalue weighted by molar-refractivity contribution is -0.894. The highest BCUT2D eigenvalue weighted by Gasteiger charge is 2.15. The number of rotatable bonds is 4. The summed E-state index contributed by atoms with van der Waals surface area (Å²) in [4.78, 5) is 9.70. The number of carbonyl (C=O) groups excluding carboxylic acids is 1. The average molecular weight is 255 g/mol. The predicted octanol–water partition coefficient (Wildman–Crippen LogP) is -3.14. The van der Waals surface area contributed by atoms with E-state index in [2.05, 4.69) is 21.1 Å². The van der Waals surface area contributed by atoms with E-state index in [1.165, 1.54) is 0 Å². The molecule has 0 saturated heterocycles. The Balaban J connectivity index is -0.000000200. The number of aliphatic hydroxyl groups is 1. The molecule has 5 heteroatoms. The Morgan fingerprint density at radius 1 is 1.25 bits per heavy atom. The molecule has 4 nitrogen and oxygen atoms in total. The number of carboxylic acid groups (broad SMARTS) is 1. The van der Waals surface area contributed by atoms with Gasteiger partial charge in [0.1, 0.15) is 6.04 Å². The van der Waals surface area contributed by atoms with Crippen LogP contribution >= 0.6 is 0 Å². The molecule has 1 N–H and O–H groups in total. The van der Waals surface area contributed by atoms with Crippen LogP contribution < -0.4 is 17.5 Å². The van der Waals surface area contributed by atoms with E-state index in [0.717, 1.165) is 4.48 Å². The molecule has 0 aromatic carbocycles. The first kappa shape index (κ1) is 21.0. The van der Waals surface area contributed by atoms with Crippen molar-refractivity contribution in [1.82, 2.24) is 0 Å². The van der Waals surface area contributed by atoms with Crippen LogP contribution in [0, 0.1) is 5.92 Å². The zero-order chi connectivity index (χ0) is 12.6. The number of quaternary nitrogens is 1. The highest BCUT2D eigenvalue weighted by atomic mass is 35.5. The van der Waals surface area contributed by atoms with Crippen LogP contribution in [0.2, 0.25) is 0 Å². The van der Waals surface area contributed by atoms with Crippen molar-refractivity contribution in [2.75, 3.05) is 27.7 Å². The minimum absolute atomic E-state index is 0. The first-order valence-corrected chi connectivity index (χ1v) is 5.23. The number of nitrogens with zero attached hydrogens (tertiary/aromatic N) is 1. The van der Waals surface area contributed by atoms with E-state index in [1.807, 2.05) is 20.8 Å². The number of carbonyl (C=O) groups is 1. The topological polar surface area (TPSA) is 60.4 Å². The zero-order valence-electron chi connectivity index (χ0n) is 11.2. The molecule has 0 rings (SSSR count). The van der Waals surface area contributed by atoms with E-state index < -0.39 is 5.97 Å². The molecule has 0 fully saturated rings. The fourth-order valence-electron chi connectivity index (χ4n) is 0.578. The molecule has 100 valence electrons. The van der Waals surface area contributed by atoms with Crippen LogP contribution in [0.15, 0.2) is 0 Å². The second-order valence-electron chi connectivity index (χ2n) is 5.12. The van der Waals surface area contributed by atoms with Crippen molar-refractivity contribution in [2.24, 2.45) is 5.92 Å². The first-order chi connectivity index (χ1) is 6.61. The van der Waals surface area contributed by atoms with Gasteiger partial charge in [0.2, 0.25) is 0 Å². The van der Waals surface area contributed by atoms with Crippen molar-refractivity contribution in [3.63, 3.8) is 0 Å². The van der Waals surface area contributed by atoms with Crippen LogP contribution in [0.3, 0.4) is 0 Å². The van der Waals surface area contributed by atoms with E-state index in [-0.39, 0.29) is 31.4 Å². The van der Waals surface area contributed by atoms with E-state index in [9.17, 15) is 9.90 Å². The average Bonchev–Trinajstić information content (AvgIpc) is 1.99. The molecule has 0 radical (unpaired) electrons. The van der Waals surface area contributed by atoms with Crippen LogP contribution in [0.5, 0.6) is 0 Å². The third-order valence-corrected chi connectivity index (χ3v) is 2.16. The van der Waals surface area contributed by atoms with E-state index in [4.69, 9.17) is 5.11 Å². The summed E-state index contributed by atoms with van der Waals surface area (Å²) in [5.41, 5.74) is 0. The Labute approximate surface area is 105 Å². The zero-order valence-corrected chi connectivity index (χ0v) is 11.9. The van der Waals surface area contributed by atoms with Gasteiger partial charge in [-0.1, -0.05) is 13.8 Å². The molecule has 0 aromatic rings. The summed E-state index contributed by atoms with van der Waals surface area (Å²) in [6, 6.07) is 0.343. The summed E-state index contributed by atoms with van der Waals surface area (Å²) in [7, 11) is 6.21. The van der Waals surface area contributed by atoms with Crippen LogP contribution in [-0.4, -0.2) is 49.4 Å². The molecule has 0 aliphatic carbocycles. The van der Waals surface area contributed by atoms with Crippen molar-refractivity contribution < 1.29 is 31.9 Å². The summed E-state index contributed by atoms with van der Waals surface area (Å²) >= 11 is 0. The molecular formula is C11H25ClNO3-. The van der Waals surface area contributed by atoms with E-state index >= 15 is 0 Å². The van der Waals surface area contributed by atoms with Gasteiger partial charge in [0, 0.05) is 5.97 Å². The Hall–Kier alpha value is -0.320. The quantitative estimate of drug-likeness (QED) is 0.540. The largest absolute Gasteiger partial charge is 1.00 e. The third-order valence-electron chi connectivity index (χ3n) is 2.16. The maximum absolute atomic E-state index is 9.70. The molecule has 1 atom stereocenters. The fraction of sp³-hybridized carbons (Fsp3) is 0.909. The molecule has 0 saturated carbocycles. The second-order valence-corrected chi connectivity index (χ2v) is 5.12. The summed E-state index contributed by atoms with van der Waals surface area (Å²) in [6.45, 7) is 5.98. The molecule has 0 bridgehead atoms. The molecule has 16 heavy (non-hydrogen) atoms. The smallest absolute Gasteiger partial charge is 0.109 e.